The van der Waals surface area contributed by atoms with E-state index in [2.05, 4.69) is 9.46 Å². The molecule has 0 fully saturated rings. The number of amides is 1. The molecule has 16 heavy (non-hydrogen) atoms. The minimum Gasteiger partial charge on any atom is -0.452 e. The predicted molar refractivity (Wildman–Crippen MR) is 58.2 cm³/mol. The molecule has 0 aromatic carbocycles. The normalized spacial score (nSPS) is 10.8. The second-order valence-corrected chi connectivity index (χ2v) is 4.47. The molecule has 9 heteroatoms. The summed E-state index contributed by atoms with van der Waals surface area (Å²) >= 11 is 0. The van der Waals surface area contributed by atoms with Gasteiger partial charge in [-0.3, -0.25) is 5.41 Å². The third-order valence-electron chi connectivity index (χ3n) is 1.57. The van der Waals surface area contributed by atoms with Crippen molar-refractivity contribution in [2.75, 3.05) is 13.7 Å². The standard InChI is InChI=1S/C7H16N4O4S/c1-15-7(12)11-16(13,14)10-5-3-2-4-6(8)9/h10H,2-5H2,1H3,(H3,8,9)(H,11,12). The Hall–Kier alpha value is -1.35. The molecular weight excluding hydrogens is 236 g/mol. The Morgan fingerprint density at radius 3 is 2.56 bits per heavy atom. The number of unbranched alkanes of at least 4 members (excludes halogenated alkanes) is 1. The van der Waals surface area contributed by atoms with E-state index in [1.54, 1.807) is 4.72 Å². The van der Waals surface area contributed by atoms with Gasteiger partial charge in [-0.2, -0.15) is 13.1 Å². The van der Waals surface area contributed by atoms with E-state index < -0.39 is 16.3 Å². The highest BCUT2D eigenvalue weighted by molar-refractivity contribution is 7.88. The number of nitrogens with one attached hydrogen (secondary N) is 3. The van der Waals surface area contributed by atoms with E-state index in [1.807, 2.05) is 0 Å². The fraction of sp³-hybridized carbons (Fsp3) is 0.714. The zero-order valence-corrected chi connectivity index (χ0v) is 9.76. The Kier molecular flexibility index (Phi) is 6.42. The Morgan fingerprint density at radius 2 is 2.06 bits per heavy atom. The van der Waals surface area contributed by atoms with E-state index in [0.717, 1.165) is 7.11 Å². The summed E-state index contributed by atoms with van der Waals surface area (Å²) in [5.74, 6) is 0.0653. The monoisotopic (exact) mass is 252 g/mol. The quantitative estimate of drug-likeness (QED) is 0.269. The molecule has 1 amide bonds. The van der Waals surface area contributed by atoms with Crippen molar-refractivity contribution in [3.05, 3.63) is 0 Å². The van der Waals surface area contributed by atoms with Gasteiger partial charge in [-0.15, -0.1) is 0 Å². The summed E-state index contributed by atoms with van der Waals surface area (Å²) in [5.41, 5.74) is 5.12. The number of nitrogens with two attached hydrogens (primary N) is 1. The van der Waals surface area contributed by atoms with Gasteiger partial charge in [-0.1, -0.05) is 0 Å². The molecule has 0 aliphatic rings. The van der Waals surface area contributed by atoms with Crippen LogP contribution in [0.25, 0.3) is 0 Å². The Balaban J connectivity index is 3.75. The van der Waals surface area contributed by atoms with Crippen molar-refractivity contribution < 1.29 is 17.9 Å². The molecule has 8 nitrogen and oxygen atoms in total. The Bertz CT molecular complexity index is 340. The first-order valence-electron chi connectivity index (χ1n) is 4.55. The van der Waals surface area contributed by atoms with Gasteiger partial charge in [0, 0.05) is 13.0 Å². The molecule has 0 atom stereocenters. The van der Waals surface area contributed by atoms with Crippen LogP contribution in [-0.4, -0.2) is 34.0 Å². The molecule has 0 saturated heterocycles. The Morgan fingerprint density at radius 1 is 1.44 bits per heavy atom. The molecule has 0 aromatic heterocycles. The van der Waals surface area contributed by atoms with Crippen molar-refractivity contribution in [2.24, 2.45) is 5.73 Å². The molecule has 94 valence electrons. The third-order valence-corrected chi connectivity index (χ3v) is 2.59. The van der Waals surface area contributed by atoms with E-state index in [4.69, 9.17) is 11.1 Å². The summed E-state index contributed by atoms with van der Waals surface area (Å²) in [6, 6.07) is 0. The maximum atomic E-state index is 11.1. The summed E-state index contributed by atoms with van der Waals surface area (Å²) in [5, 5.41) is 6.94. The highest BCUT2D eigenvalue weighted by atomic mass is 32.2. The van der Waals surface area contributed by atoms with Crippen LogP contribution in [0.2, 0.25) is 0 Å². The maximum absolute atomic E-state index is 11.1. The first-order valence-corrected chi connectivity index (χ1v) is 6.04. The van der Waals surface area contributed by atoms with Crippen LogP contribution in [0.5, 0.6) is 0 Å². The molecule has 5 N–H and O–H groups in total. The van der Waals surface area contributed by atoms with E-state index in [-0.39, 0.29) is 12.4 Å². The minimum absolute atomic E-state index is 0.0653. The van der Waals surface area contributed by atoms with E-state index in [0.29, 0.717) is 19.3 Å². The van der Waals surface area contributed by atoms with Crippen LogP contribution in [-0.2, 0) is 14.9 Å². The second kappa shape index (κ2) is 7.01. The van der Waals surface area contributed by atoms with Crippen molar-refractivity contribution in [1.29, 1.82) is 5.41 Å². The zero-order valence-electron chi connectivity index (χ0n) is 8.95. The minimum atomic E-state index is -3.85. The number of hydrogen-bond donors (Lipinski definition) is 4. The lowest BCUT2D eigenvalue weighted by Gasteiger charge is -2.06. The molecule has 0 rings (SSSR count). The fourth-order valence-corrected chi connectivity index (χ4v) is 1.62. The van der Waals surface area contributed by atoms with Crippen molar-refractivity contribution in [2.45, 2.75) is 19.3 Å². The molecular formula is C7H16N4O4S. The lowest BCUT2D eigenvalue weighted by Crippen LogP contribution is -2.40. The van der Waals surface area contributed by atoms with Gasteiger partial charge in [-0.05, 0) is 12.8 Å². The molecule has 0 spiro atoms. The molecule has 0 unspecified atom stereocenters. The molecule has 0 bridgehead atoms. The molecule has 0 aliphatic carbocycles. The summed E-state index contributed by atoms with van der Waals surface area (Å²) < 4.78 is 30.1. The lowest BCUT2D eigenvalue weighted by atomic mass is 10.2. The highest BCUT2D eigenvalue weighted by Crippen LogP contribution is 1.93. The molecule has 0 radical (unpaired) electrons. The van der Waals surface area contributed by atoms with Crippen LogP contribution in [0.1, 0.15) is 19.3 Å². The van der Waals surface area contributed by atoms with Gasteiger partial charge in [0.25, 0.3) is 0 Å². The number of methoxy groups -OCH3 is 1. The van der Waals surface area contributed by atoms with Gasteiger partial charge in [0.2, 0.25) is 0 Å². The summed E-state index contributed by atoms with van der Waals surface area (Å²) in [4.78, 5) is 10.6. The van der Waals surface area contributed by atoms with E-state index in [1.165, 1.54) is 0 Å². The molecule has 0 saturated carbocycles. The van der Waals surface area contributed by atoms with Gasteiger partial charge in [-0.25, -0.2) is 9.52 Å². The molecule has 0 heterocycles. The number of amidine groups is 1. The van der Waals surface area contributed by atoms with Crippen molar-refractivity contribution >= 4 is 22.1 Å². The van der Waals surface area contributed by atoms with Crippen LogP contribution in [0.15, 0.2) is 0 Å². The molecule has 0 aliphatic heterocycles. The van der Waals surface area contributed by atoms with Crippen LogP contribution in [0.4, 0.5) is 4.79 Å². The highest BCUT2D eigenvalue weighted by Gasteiger charge is 2.12. The van der Waals surface area contributed by atoms with Crippen molar-refractivity contribution in [3.63, 3.8) is 0 Å². The van der Waals surface area contributed by atoms with Crippen LogP contribution < -0.4 is 15.2 Å². The predicted octanol–water partition coefficient (Wildman–Crippen LogP) is -0.717. The van der Waals surface area contributed by atoms with Crippen LogP contribution in [0, 0.1) is 5.41 Å². The van der Waals surface area contributed by atoms with E-state index >= 15 is 0 Å². The summed E-state index contributed by atoms with van der Waals surface area (Å²) in [6.45, 7) is 0.166. The fourth-order valence-electron chi connectivity index (χ4n) is 0.834. The van der Waals surface area contributed by atoms with E-state index in [9.17, 15) is 13.2 Å². The van der Waals surface area contributed by atoms with Gasteiger partial charge in [0.1, 0.15) is 0 Å². The van der Waals surface area contributed by atoms with Gasteiger partial charge in [0.15, 0.2) is 0 Å². The van der Waals surface area contributed by atoms with Crippen molar-refractivity contribution in [3.8, 4) is 0 Å². The van der Waals surface area contributed by atoms with Gasteiger partial charge < -0.3 is 10.5 Å². The summed E-state index contributed by atoms with van der Waals surface area (Å²) in [7, 11) is -2.79. The smallest absolute Gasteiger partial charge is 0.421 e. The van der Waals surface area contributed by atoms with Crippen molar-refractivity contribution in [1.82, 2.24) is 9.44 Å². The van der Waals surface area contributed by atoms with Gasteiger partial charge in [0.05, 0.1) is 12.9 Å². The SMILES string of the molecule is COC(=O)NS(=O)(=O)NCCCCC(=N)N. The first-order chi connectivity index (χ1) is 7.37. The van der Waals surface area contributed by atoms with Crippen LogP contribution in [0.3, 0.4) is 0 Å². The summed E-state index contributed by atoms with van der Waals surface area (Å²) in [6.07, 6.45) is 0.514. The number of carbonyl (C=O) groups is 1. The zero-order chi connectivity index (χ0) is 12.6. The van der Waals surface area contributed by atoms with Crippen LogP contribution >= 0.6 is 0 Å². The lowest BCUT2D eigenvalue weighted by molar-refractivity contribution is 0.177. The maximum Gasteiger partial charge on any atom is 0.421 e. The number of ether oxygens (including phenoxy) is 1. The van der Waals surface area contributed by atoms with Gasteiger partial charge >= 0.3 is 16.3 Å². The second-order valence-electron chi connectivity index (χ2n) is 2.97. The third kappa shape index (κ3) is 8.00. The molecule has 0 aromatic rings. The average Bonchev–Trinajstić information content (AvgIpc) is 2.15. The largest absolute Gasteiger partial charge is 0.452 e. The Labute approximate surface area is 94.2 Å². The first kappa shape index (κ1) is 14.6. The number of rotatable bonds is 7. The number of carbonyl (C=O) groups excluding carboxylic acids is 1. The number of hydrogen-bond acceptors (Lipinski definition) is 5. The topological polar surface area (TPSA) is 134 Å². The average molecular weight is 252 g/mol.